The van der Waals surface area contributed by atoms with Crippen LogP contribution in [0.15, 0.2) is 28.7 Å². The highest BCUT2D eigenvalue weighted by molar-refractivity contribution is 5.97. The summed E-state index contributed by atoms with van der Waals surface area (Å²) in [6.07, 6.45) is 0. The number of amides is 3. The third-order valence-electron chi connectivity index (χ3n) is 3.88. The van der Waals surface area contributed by atoms with Gasteiger partial charge in [-0.15, -0.1) is 0 Å². The predicted molar refractivity (Wildman–Crippen MR) is 92.1 cm³/mol. The fourth-order valence-electron chi connectivity index (χ4n) is 2.44. The van der Waals surface area contributed by atoms with Gasteiger partial charge in [0, 0.05) is 17.7 Å². The highest BCUT2D eigenvalue weighted by Crippen LogP contribution is 2.20. The van der Waals surface area contributed by atoms with Crippen LogP contribution in [0.5, 0.6) is 0 Å². The van der Waals surface area contributed by atoms with Crippen molar-refractivity contribution < 1.29 is 18.8 Å². The molecule has 7 heteroatoms. The van der Waals surface area contributed by atoms with Crippen molar-refractivity contribution in [3.05, 3.63) is 58.0 Å². The van der Waals surface area contributed by atoms with Crippen LogP contribution in [0.3, 0.4) is 0 Å². The van der Waals surface area contributed by atoms with Gasteiger partial charge in [0.15, 0.2) is 0 Å². The Morgan fingerprint density at radius 2 is 1.60 bits per heavy atom. The van der Waals surface area contributed by atoms with Crippen LogP contribution in [0.4, 0.5) is 0 Å². The monoisotopic (exact) mass is 343 g/mol. The number of nitrogens with one attached hydrogen (secondary N) is 2. The van der Waals surface area contributed by atoms with Crippen molar-refractivity contribution in [2.45, 2.75) is 27.3 Å². The lowest BCUT2D eigenvalue weighted by molar-refractivity contribution is -0.117. The Bertz CT molecular complexity index is 806. The van der Waals surface area contributed by atoms with E-state index in [1.807, 2.05) is 13.8 Å². The summed E-state index contributed by atoms with van der Waals surface area (Å²) >= 11 is 0. The van der Waals surface area contributed by atoms with Crippen molar-refractivity contribution in [2.24, 2.45) is 5.73 Å². The smallest absolute Gasteiger partial charge is 0.255 e. The van der Waals surface area contributed by atoms with Crippen molar-refractivity contribution in [1.29, 1.82) is 0 Å². The van der Waals surface area contributed by atoms with Gasteiger partial charge in [-0.3, -0.25) is 14.4 Å². The molecular formula is C18H21N3O4. The molecule has 3 amide bonds. The van der Waals surface area contributed by atoms with Gasteiger partial charge in [-0.1, -0.05) is 12.1 Å². The molecule has 0 aliphatic rings. The lowest BCUT2D eigenvalue weighted by Gasteiger charge is -2.07. The standard InChI is InChI=1S/C18H21N3O4/c1-10-11(2)25-12(3)16(10)18(24)20-8-13-4-6-14(7-5-13)17(23)21-9-15(19)22/h4-7H,8-9H2,1-3H3,(H2,19,22)(H,20,24)(H,21,23). The Hall–Kier alpha value is -3.09. The van der Waals surface area contributed by atoms with Gasteiger partial charge in [0.1, 0.15) is 11.5 Å². The van der Waals surface area contributed by atoms with Gasteiger partial charge in [0.05, 0.1) is 12.1 Å². The topological polar surface area (TPSA) is 114 Å². The van der Waals surface area contributed by atoms with E-state index >= 15 is 0 Å². The number of furan rings is 1. The third kappa shape index (κ3) is 4.47. The molecule has 0 aliphatic carbocycles. The molecular weight excluding hydrogens is 322 g/mol. The maximum atomic E-state index is 12.3. The molecule has 0 radical (unpaired) electrons. The number of hydrogen-bond donors (Lipinski definition) is 3. The van der Waals surface area contributed by atoms with Gasteiger partial charge in [-0.25, -0.2) is 0 Å². The Labute approximate surface area is 145 Å². The second kappa shape index (κ2) is 7.65. The summed E-state index contributed by atoms with van der Waals surface area (Å²) in [6.45, 7) is 5.54. The summed E-state index contributed by atoms with van der Waals surface area (Å²) in [5, 5.41) is 5.25. The lowest BCUT2D eigenvalue weighted by Crippen LogP contribution is -2.33. The molecule has 25 heavy (non-hydrogen) atoms. The molecule has 132 valence electrons. The molecule has 1 aromatic carbocycles. The fraction of sp³-hybridized carbons (Fsp3) is 0.278. The van der Waals surface area contributed by atoms with Crippen molar-refractivity contribution in [3.8, 4) is 0 Å². The zero-order valence-corrected chi connectivity index (χ0v) is 14.4. The molecule has 0 saturated heterocycles. The number of carbonyl (C=O) groups is 3. The van der Waals surface area contributed by atoms with Crippen LogP contribution in [-0.4, -0.2) is 24.3 Å². The van der Waals surface area contributed by atoms with E-state index in [-0.39, 0.29) is 18.4 Å². The quantitative estimate of drug-likeness (QED) is 0.734. The summed E-state index contributed by atoms with van der Waals surface area (Å²) < 4.78 is 5.46. The van der Waals surface area contributed by atoms with Gasteiger partial charge in [-0.2, -0.15) is 0 Å². The lowest BCUT2D eigenvalue weighted by atomic mass is 10.1. The first kappa shape index (κ1) is 18.3. The van der Waals surface area contributed by atoms with E-state index in [9.17, 15) is 14.4 Å². The Morgan fingerprint density at radius 3 is 2.12 bits per heavy atom. The third-order valence-corrected chi connectivity index (χ3v) is 3.88. The number of nitrogens with two attached hydrogens (primary N) is 1. The molecule has 0 saturated carbocycles. The number of primary amides is 1. The van der Waals surface area contributed by atoms with Crippen molar-refractivity contribution in [2.75, 3.05) is 6.54 Å². The first-order chi connectivity index (χ1) is 11.8. The van der Waals surface area contributed by atoms with Gasteiger partial charge in [0.25, 0.3) is 11.8 Å². The zero-order chi connectivity index (χ0) is 18.6. The Kier molecular flexibility index (Phi) is 5.59. The second-order valence-corrected chi connectivity index (χ2v) is 5.74. The van der Waals surface area contributed by atoms with E-state index in [1.165, 1.54) is 0 Å². The van der Waals surface area contributed by atoms with Crippen LogP contribution < -0.4 is 16.4 Å². The minimum Gasteiger partial charge on any atom is -0.466 e. The Morgan fingerprint density at radius 1 is 0.960 bits per heavy atom. The minimum atomic E-state index is -0.604. The molecule has 0 atom stereocenters. The number of aryl methyl sites for hydroxylation is 2. The van der Waals surface area contributed by atoms with Crippen LogP contribution in [0.2, 0.25) is 0 Å². The van der Waals surface area contributed by atoms with E-state index in [4.69, 9.17) is 10.2 Å². The fourth-order valence-corrected chi connectivity index (χ4v) is 2.44. The van der Waals surface area contributed by atoms with E-state index in [1.54, 1.807) is 31.2 Å². The van der Waals surface area contributed by atoms with E-state index < -0.39 is 5.91 Å². The molecule has 7 nitrogen and oxygen atoms in total. The summed E-state index contributed by atoms with van der Waals surface area (Å²) in [7, 11) is 0. The van der Waals surface area contributed by atoms with Crippen LogP contribution in [0, 0.1) is 20.8 Å². The molecule has 1 aromatic heterocycles. The average molecular weight is 343 g/mol. The van der Waals surface area contributed by atoms with E-state index in [0.29, 0.717) is 23.4 Å². The largest absolute Gasteiger partial charge is 0.466 e. The first-order valence-corrected chi connectivity index (χ1v) is 7.79. The van der Waals surface area contributed by atoms with Crippen LogP contribution >= 0.6 is 0 Å². The molecule has 2 rings (SSSR count). The zero-order valence-electron chi connectivity index (χ0n) is 14.4. The van der Waals surface area contributed by atoms with Gasteiger partial charge >= 0.3 is 0 Å². The molecule has 0 spiro atoms. The highest BCUT2D eigenvalue weighted by atomic mass is 16.3. The summed E-state index contributed by atoms with van der Waals surface area (Å²) in [5.74, 6) is 0.139. The van der Waals surface area contributed by atoms with Crippen LogP contribution in [-0.2, 0) is 11.3 Å². The first-order valence-electron chi connectivity index (χ1n) is 7.79. The van der Waals surface area contributed by atoms with Crippen LogP contribution in [0.25, 0.3) is 0 Å². The molecule has 2 aromatic rings. The molecule has 0 aliphatic heterocycles. The SMILES string of the molecule is Cc1oc(C)c(C(=O)NCc2ccc(C(=O)NCC(N)=O)cc2)c1C. The number of benzene rings is 1. The molecule has 4 N–H and O–H groups in total. The molecule has 0 bridgehead atoms. The highest BCUT2D eigenvalue weighted by Gasteiger charge is 2.18. The van der Waals surface area contributed by atoms with Crippen molar-refractivity contribution in [1.82, 2.24) is 10.6 Å². The summed E-state index contributed by atoms with van der Waals surface area (Å²) in [6, 6.07) is 6.71. The second-order valence-electron chi connectivity index (χ2n) is 5.74. The normalized spacial score (nSPS) is 10.4. The maximum absolute atomic E-state index is 12.3. The van der Waals surface area contributed by atoms with Gasteiger partial charge < -0.3 is 20.8 Å². The minimum absolute atomic E-state index is 0.199. The number of rotatable bonds is 6. The maximum Gasteiger partial charge on any atom is 0.255 e. The van der Waals surface area contributed by atoms with Gasteiger partial charge in [-0.05, 0) is 38.5 Å². The van der Waals surface area contributed by atoms with Crippen molar-refractivity contribution >= 4 is 17.7 Å². The molecule has 0 unspecified atom stereocenters. The molecule has 0 fully saturated rings. The summed E-state index contributed by atoms with van der Waals surface area (Å²) in [4.78, 5) is 34.8. The van der Waals surface area contributed by atoms with Gasteiger partial charge in [0.2, 0.25) is 5.91 Å². The summed E-state index contributed by atoms with van der Waals surface area (Å²) in [5.41, 5.74) is 7.62. The molecule has 1 heterocycles. The van der Waals surface area contributed by atoms with E-state index in [2.05, 4.69) is 10.6 Å². The van der Waals surface area contributed by atoms with Crippen LogP contribution in [0.1, 0.15) is 43.4 Å². The average Bonchev–Trinajstić information content (AvgIpc) is 2.83. The van der Waals surface area contributed by atoms with Crippen molar-refractivity contribution in [3.63, 3.8) is 0 Å². The predicted octanol–water partition coefficient (Wildman–Crippen LogP) is 1.35. The van der Waals surface area contributed by atoms with E-state index in [0.717, 1.165) is 16.9 Å². The number of carbonyl (C=O) groups excluding carboxylic acids is 3. The number of hydrogen-bond acceptors (Lipinski definition) is 4. The Balaban J connectivity index is 1.96.